The molecule has 0 amide bonds. The number of ketones is 2. The maximum Gasteiger partial charge on any atom is 0.333 e. The Morgan fingerprint density at radius 3 is 2.42 bits per heavy atom. The molecule has 12 heteroatoms. The van der Waals surface area contributed by atoms with Crippen LogP contribution < -0.4 is 19.5 Å². The van der Waals surface area contributed by atoms with Gasteiger partial charge in [0.2, 0.25) is 0 Å². The van der Waals surface area contributed by atoms with Crippen molar-refractivity contribution in [2.24, 2.45) is 23.7 Å². The first kappa shape index (κ1) is 43.0. The summed E-state index contributed by atoms with van der Waals surface area (Å²) in [4.78, 5) is 60.2. The van der Waals surface area contributed by atoms with E-state index in [1.54, 1.807) is 13.0 Å². The highest BCUT2D eigenvalue weighted by Crippen LogP contribution is 2.78. The number of rotatable bonds is 10. The van der Waals surface area contributed by atoms with E-state index in [0.29, 0.717) is 71.7 Å². The number of fused-ring (bicyclic) bond motifs is 5. The van der Waals surface area contributed by atoms with E-state index in [-0.39, 0.29) is 29.7 Å². The molecule has 2 spiro atoms. The first-order chi connectivity index (χ1) is 30.4. The Kier molecular flexibility index (Phi) is 9.74. The Labute approximate surface area is 379 Å². The predicted molar refractivity (Wildman–Crippen MR) is 242 cm³/mol. The van der Waals surface area contributed by atoms with Crippen molar-refractivity contribution in [2.75, 3.05) is 26.1 Å². The van der Waals surface area contributed by atoms with E-state index in [1.807, 2.05) is 64.1 Å². The number of carbonyl (C=O) groups is 4. The molecular weight excluding hydrogens is 832 g/mol. The van der Waals surface area contributed by atoms with Crippen LogP contribution >= 0.6 is 11.6 Å². The molecule has 0 aromatic heterocycles. The van der Waals surface area contributed by atoms with Crippen molar-refractivity contribution >= 4 is 46.9 Å². The molecule has 8 unspecified atom stereocenters. The van der Waals surface area contributed by atoms with E-state index in [1.165, 1.54) is 12.7 Å². The molecule has 11 nitrogen and oxygen atoms in total. The molecule has 64 heavy (non-hydrogen) atoms. The fourth-order valence-electron chi connectivity index (χ4n) is 13.2. The van der Waals surface area contributed by atoms with E-state index in [2.05, 4.69) is 43.1 Å². The second-order valence-corrected chi connectivity index (χ2v) is 20.4. The first-order valence-corrected chi connectivity index (χ1v) is 23.2. The van der Waals surface area contributed by atoms with Gasteiger partial charge < -0.3 is 28.6 Å². The maximum atomic E-state index is 16.0. The van der Waals surface area contributed by atoms with Crippen molar-refractivity contribution in [1.82, 2.24) is 10.2 Å². The molecule has 0 radical (unpaired) electrons. The summed E-state index contributed by atoms with van der Waals surface area (Å²) in [5, 5.41) is 4.04. The highest BCUT2D eigenvalue weighted by molar-refractivity contribution is 6.26. The van der Waals surface area contributed by atoms with Crippen LogP contribution in [0.15, 0.2) is 70.9 Å². The van der Waals surface area contributed by atoms with Crippen LogP contribution in [0.5, 0.6) is 17.2 Å². The van der Waals surface area contributed by atoms with Gasteiger partial charge in [-0.05, 0) is 93.2 Å². The van der Waals surface area contributed by atoms with Crippen LogP contribution in [0.2, 0.25) is 0 Å². The van der Waals surface area contributed by atoms with Gasteiger partial charge in [0.15, 0.2) is 28.5 Å². The number of allylic oxidation sites excluding steroid dienone is 5. The number of alkyl halides is 1. The van der Waals surface area contributed by atoms with Crippen molar-refractivity contribution in [3.8, 4) is 17.2 Å². The molecule has 2 saturated heterocycles. The number of methoxy groups -OCH3 is 1. The van der Waals surface area contributed by atoms with Gasteiger partial charge >= 0.3 is 11.9 Å². The van der Waals surface area contributed by atoms with Crippen LogP contribution in [0.25, 0.3) is 11.8 Å². The molecule has 2 aromatic rings. The van der Waals surface area contributed by atoms with Gasteiger partial charge in [-0.15, -0.1) is 11.6 Å². The van der Waals surface area contributed by atoms with Crippen molar-refractivity contribution < 1.29 is 42.9 Å². The highest BCUT2D eigenvalue weighted by atomic mass is 35.5. The molecule has 9 aliphatic rings. The van der Waals surface area contributed by atoms with Gasteiger partial charge in [0.05, 0.1) is 35.5 Å². The zero-order valence-corrected chi connectivity index (χ0v) is 38.9. The Bertz CT molecular complexity index is 2630. The molecule has 11 rings (SSSR count). The van der Waals surface area contributed by atoms with Crippen LogP contribution in [0, 0.1) is 23.7 Å². The van der Waals surface area contributed by atoms with Crippen LogP contribution in [0.3, 0.4) is 0 Å². The van der Waals surface area contributed by atoms with Gasteiger partial charge in [0.25, 0.3) is 0 Å². The smallest absolute Gasteiger partial charge is 0.333 e. The number of ether oxygens (including phenoxy) is 5. The molecule has 4 bridgehead atoms. The second-order valence-electron chi connectivity index (χ2n) is 20.2. The van der Waals surface area contributed by atoms with Gasteiger partial charge in [-0.1, -0.05) is 53.6 Å². The topological polar surface area (TPSA) is 130 Å². The summed E-state index contributed by atoms with van der Waals surface area (Å²) in [5.41, 5.74) is 1.51. The largest absolute Gasteiger partial charge is 0.482 e. The molecule has 3 saturated carbocycles. The normalized spacial score (nSPS) is 32.7. The fourth-order valence-corrected chi connectivity index (χ4v) is 13.2. The van der Waals surface area contributed by atoms with Crippen LogP contribution in [-0.2, 0) is 35.9 Å². The minimum Gasteiger partial charge on any atom is -0.482 e. The zero-order chi connectivity index (χ0) is 45.5. The lowest BCUT2D eigenvalue weighted by Crippen LogP contribution is -2.84. The highest BCUT2D eigenvalue weighted by Gasteiger charge is 2.89. The standard InChI is InChI=1S/C52H57ClN2O9/c1-27(2)13-12-20-49(8)21-19-33-42(62-49)32(17-16-28(3)4)44-39(43(33)61-36(56)26-53)52-45-37(38-40(55(52)24-23-54-52)30-14-10-11-15-31(30)41(38)57)34-25-35-48(6,7)64-50(46(34)58,51(35,45)63-44)22-18-29(5)47(59)60-9/h10-11,13-16,18-19,21,34-35,37,45,54H,12,17,20,22-26H2,1-9H3. The molecule has 1 N–H and O–H groups in total. The quantitative estimate of drug-likeness (QED) is 0.0810. The van der Waals surface area contributed by atoms with Crippen LogP contribution in [0.4, 0.5) is 0 Å². The number of Topliss-reactive ketones (excluding diaryl/α,β-unsaturated/α-hetero) is 2. The van der Waals surface area contributed by atoms with E-state index < -0.39 is 63.6 Å². The summed E-state index contributed by atoms with van der Waals surface area (Å²) >= 11 is 6.31. The minimum atomic E-state index is -1.61. The number of halogens is 1. The average molecular weight is 889 g/mol. The summed E-state index contributed by atoms with van der Waals surface area (Å²) in [5.74, 6) is -2.78. The average Bonchev–Trinajstić information content (AvgIpc) is 3.86. The zero-order valence-electron chi connectivity index (χ0n) is 38.2. The third-order valence-corrected chi connectivity index (χ3v) is 15.8. The van der Waals surface area contributed by atoms with E-state index in [4.69, 9.17) is 35.3 Å². The Morgan fingerprint density at radius 1 is 0.984 bits per heavy atom. The Balaban J connectivity index is 1.35. The van der Waals surface area contributed by atoms with E-state index >= 15 is 9.59 Å². The third-order valence-electron chi connectivity index (χ3n) is 15.6. The lowest BCUT2D eigenvalue weighted by molar-refractivity contribution is -0.245. The number of hydrogen-bond acceptors (Lipinski definition) is 11. The lowest BCUT2D eigenvalue weighted by Gasteiger charge is -2.70. The summed E-state index contributed by atoms with van der Waals surface area (Å²) in [6, 6.07) is 7.69. The predicted octanol–water partition coefficient (Wildman–Crippen LogP) is 8.57. The van der Waals surface area contributed by atoms with Crippen molar-refractivity contribution in [3.05, 3.63) is 98.7 Å². The second kappa shape index (κ2) is 14.5. The summed E-state index contributed by atoms with van der Waals surface area (Å²) in [7, 11) is 1.34. The molecule has 2 aromatic carbocycles. The molecule has 5 aliphatic heterocycles. The molecule has 5 fully saturated rings. The molecular formula is C52H57ClN2O9. The third kappa shape index (κ3) is 5.52. The molecule has 4 aliphatic carbocycles. The number of nitrogens with zero attached hydrogens (tertiary/aromatic N) is 1. The Morgan fingerprint density at radius 2 is 1.72 bits per heavy atom. The number of esters is 2. The van der Waals surface area contributed by atoms with Crippen LogP contribution in [-0.4, -0.2) is 76.9 Å². The minimum absolute atomic E-state index is 0.0297. The fraction of sp³-hybridized carbons (Fsp3) is 0.500. The SMILES string of the molecule is COC(=O)C(C)=CCC12OC(C)(C)C3CC(C1=O)C1C4=C(c5ccccc5C4=O)N4CCNC45c4c(OC(=O)CCl)c6c(c(CC=C(C)C)c4OC32C15)OC(C)(CCC=C(C)C)C=C6. The van der Waals surface area contributed by atoms with Gasteiger partial charge in [-0.25, -0.2) is 4.79 Å². The van der Waals surface area contributed by atoms with Crippen molar-refractivity contribution in [2.45, 2.75) is 116 Å². The summed E-state index contributed by atoms with van der Waals surface area (Å²) in [6.07, 6.45) is 12.4. The van der Waals surface area contributed by atoms with Gasteiger partial charge in [0, 0.05) is 65.1 Å². The molecule has 5 heterocycles. The van der Waals surface area contributed by atoms with Gasteiger partial charge in [0.1, 0.15) is 28.6 Å². The van der Waals surface area contributed by atoms with Gasteiger partial charge in [-0.3, -0.25) is 19.7 Å². The lowest BCUT2D eigenvalue weighted by atomic mass is 9.39. The molecule has 336 valence electrons. The number of nitrogens with one attached hydrogen (secondary N) is 1. The van der Waals surface area contributed by atoms with Crippen LogP contribution in [0.1, 0.15) is 114 Å². The molecule has 8 atom stereocenters. The van der Waals surface area contributed by atoms with E-state index in [0.717, 1.165) is 28.8 Å². The first-order valence-electron chi connectivity index (χ1n) is 22.7. The van der Waals surface area contributed by atoms with Gasteiger partial charge in [-0.2, -0.15) is 0 Å². The van der Waals surface area contributed by atoms with Crippen molar-refractivity contribution in [1.29, 1.82) is 0 Å². The van der Waals surface area contributed by atoms with E-state index in [9.17, 15) is 9.59 Å². The number of benzene rings is 2. The summed E-state index contributed by atoms with van der Waals surface area (Å²) < 4.78 is 34.3. The summed E-state index contributed by atoms with van der Waals surface area (Å²) in [6.45, 7) is 17.1. The maximum absolute atomic E-state index is 16.0. The number of carbonyl (C=O) groups excluding carboxylic acids is 4. The number of hydrogen-bond donors (Lipinski definition) is 1. The monoisotopic (exact) mass is 888 g/mol. The van der Waals surface area contributed by atoms with Crippen molar-refractivity contribution in [3.63, 3.8) is 0 Å². The Hall–Kier alpha value is -4.97.